The minimum absolute atomic E-state index is 0.106. The number of hydrogen-bond donors (Lipinski definition) is 3. The van der Waals surface area contributed by atoms with Crippen LogP contribution in [-0.4, -0.2) is 96.7 Å². The molecule has 0 fully saturated rings. The summed E-state index contributed by atoms with van der Waals surface area (Å²) in [4.78, 5) is 73.0. The Kier molecular flexibility index (Phi) is 70.9. The average molecular weight is 1480 g/mol. The molecule has 0 heterocycles. The van der Waals surface area contributed by atoms with Gasteiger partial charge in [-0.25, -0.2) is 9.13 Å². The van der Waals surface area contributed by atoms with Gasteiger partial charge in [0.2, 0.25) is 0 Å². The molecule has 0 saturated heterocycles. The lowest BCUT2D eigenvalue weighted by atomic mass is 9.99. The first-order valence-corrected chi connectivity index (χ1v) is 45.4. The molecule has 0 rings (SSSR count). The van der Waals surface area contributed by atoms with E-state index in [0.717, 1.165) is 108 Å². The van der Waals surface area contributed by atoms with Gasteiger partial charge in [0.05, 0.1) is 26.4 Å². The van der Waals surface area contributed by atoms with Crippen molar-refractivity contribution >= 4 is 39.5 Å². The fourth-order valence-electron chi connectivity index (χ4n) is 12.6. The van der Waals surface area contributed by atoms with E-state index in [4.69, 9.17) is 37.0 Å². The van der Waals surface area contributed by atoms with Crippen LogP contribution in [0.25, 0.3) is 0 Å². The molecule has 0 spiro atoms. The molecule has 17 nitrogen and oxygen atoms in total. The summed E-state index contributed by atoms with van der Waals surface area (Å²) < 4.78 is 68.7. The maximum atomic E-state index is 13.1. The first-order valence-electron chi connectivity index (χ1n) is 42.4. The topological polar surface area (TPSA) is 237 Å². The highest BCUT2D eigenvalue weighted by Gasteiger charge is 2.30. The van der Waals surface area contributed by atoms with Crippen molar-refractivity contribution in [3.63, 3.8) is 0 Å². The Morgan fingerprint density at radius 2 is 0.505 bits per heavy atom. The lowest BCUT2D eigenvalue weighted by Gasteiger charge is -2.21. The predicted molar refractivity (Wildman–Crippen MR) is 414 cm³/mol. The Hall–Kier alpha value is -1.94. The summed E-state index contributed by atoms with van der Waals surface area (Å²) in [6.07, 6.45) is 61.2. The fraction of sp³-hybridized carbons (Fsp3) is 0.951. The van der Waals surface area contributed by atoms with E-state index in [1.165, 1.54) is 231 Å². The normalized spacial score (nSPS) is 14.2. The van der Waals surface area contributed by atoms with Gasteiger partial charge in [-0.15, -0.1) is 0 Å². The molecular weight excluding hydrogens is 1320 g/mol. The van der Waals surface area contributed by atoms with E-state index in [2.05, 4.69) is 48.5 Å². The molecule has 0 aromatic rings. The number of carbonyl (C=O) groups is 4. The maximum absolute atomic E-state index is 13.1. The highest BCUT2D eigenvalue weighted by Crippen LogP contribution is 2.45. The smallest absolute Gasteiger partial charge is 0.462 e. The number of carbonyl (C=O) groups excluding carboxylic acids is 4. The fourth-order valence-corrected chi connectivity index (χ4v) is 14.2. The minimum atomic E-state index is -4.96. The van der Waals surface area contributed by atoms with E-state index in [0.29, 0.717) is 31.6 Å². The quantitative estimate of drug-likeness (QED) is 0.0222. The molecule has 600 valence electrons. The van der Waals surface area contributed by atoms with Gasteiger partial charge in [0.1, 0.15) is 19.3 Å². The van der Waals surface area contributed by atoms with E-state index >= 15 is 0 Å². The van der Waals surface area contributed by atoms with Gasteiger partial charge < -0.3 is 33.8 Å². The summed E-state index contributed by atoms with van der Waals surface area (Å²) in [5.41, 5.74) is 0. The second-order valence-corrected chi connectivity index (χ2v) is 33.6. The summed E-state index contributed by atoms with van der Waals surface area (Å²) in [7, 11) is -9.92. The van der Waals surface area contributed by atoms with Crippen LogP contribution in [0.2, 0.25) is 0 Å². The lowest BCUT2D eigenvalue weighted by molar-refractivity contribution is -0.161. The first kappa shape index (κ1) is 99.1. The lowest BCUT2D eigenvalue weighted by Crippen LogP contribution is -2.30. The Balaban J connectivity index is 5.20. The van der Waals surface area contributed by atoms with Crippen molar-refractivity contribution in [3.8, 4) is 0 Å². The molecule has 0 aliphatic rings. The van der Waals surface area contributed by atoms with Crippen molar-refractivity contribution < 1.29 is 80.2 Å². The molecular formula is C82H160O17P2. The van der Waals surface area contributed by atoms with Crippen LogP contribution in [0.1, 0.15) is 427 Å². The van der Waals surface area contributed by atoms with Crippen LogP contribution in [0, 0.1) is 17.8 Å². The summed E-state index contributed by atoms with van der Waals surface area (Å²) in [5, 5.41) is 10.6. The van der Waals surface area contributed by atoms with Gasteiger partial charge in [0, 0.05) is 25.7 Å². The highest BCUT2D eigenvalue weighted by molar-refractivity contribution is 7.47. The first-order chi connectivity index (χ1) is 48.8. The molecule has 0 aliphatic carbocycles. The second-order valence-electron chi connectivity index (χ2n) is 30.7. The molecule has 0 aliphatic heterocycles. The molecule has 0 aromatic heterocycles. The molecule has 19 heteroatoms. The van der Waals surface area contributed by atoms with Gasteiger partial charge >= 0.3 is 39.5 Å². The summed E-state index contributed by atoms with van der Waals surface area (Å²) in [6.45, 7) is 12.0. The third-order valence-corrected chi connectivity index (χ3v) is 21.4. The Labute approximate surface area is 619 Å². The van der Waals surface area contributed by atoms with E-state index in [9.17, 15) is 43.2 Å². The Morgan fingerprint density at radius 3 is 0.752 bits per heavy atom. The molecule has 0 saturated carbocycles. The van der Waals surface area contributed by atoms with Crippen molar-refractivity contribution in [2.24, 2.45) is 17.8 Å². The molecule has 0 amide bonds. The van der Waals surface area contributed by atoms with Crippen LogP contribution in [0.3, 0.4) is 0 Å². The van der Waals surface area contributed by atoms with Crippen molar-refractivity contribution in [2.45, 2.75) is 446 Å². The van der Waals surface area contributed by atoms with Crippen LogP contribution in [0.4, 0.5) is 0 Å². The highest BCUT2D eigenvalue weighted by atomic mass is 31.2. The number of hydrogen-bond acceptors (Lipinski definition) is 15. The van der Waals surface area contributed by atoms with Crippen LogP contribution in [-0.2, 0) is 65.4 Å². The largest absolute Gasteiger partial charge is 0.472 e. The summed E-state index contributed by atoms with van der Waals surface area (Å²) in [5.74, 6) is 0.245. The maximum Gasteiger partial charge on any atom is 0.472 e. The number of aliphatic hydroxyl groups excluding tert-OH is 1. The average Bonchev–Trinajstić information content (AvgIpc) is 0.957. The predicted octanol–water partition coefficient (Wildman–Crippen LogP) is 24.5. The second kappa shape index (κ2) is 72.3. The summed E-state index contributed by atoms with van der Waals surface area (Å²) >= 11 is 0. The van der Waals surface area contributed by atoms with E-state index < -0.39 is 97.5 Å². The molecule has 3 unspecified atom stereocenters. The Morgan fingerprint density at radius 1 is 0.287 bits per heavy atom. The van der Waals surface area contributed by atoms with E-state index in [1.54, 1.807) is 0 Å². The van der Waals surface area contributed by atoms with E-state index in [-0.39, 0.29) is 25.7 Å². The van der Waals surface area contributed by atoms with E-state index in [1.807, 2.05) is 0 Å². The molecule has 6 atom stereocenters. The van der Waals surface area contributed by atoms with Gasteiger partial charge in [-0.1, -0.05) is 376 Å². The summed E-state index contributed by atoms with van der Waals surface area (Å²) in [6, 6.07) is 0. The van der Waals surface area contributed by atoms with Gasteiger partial charge in [0.15, 0.2) is 12.2 Å². The van der Waals surface area contributed by atoms with Crippen LogP contribution in [0.5, 0.6) is 0 Å². The monoisotopic (exact) mass is 1480 g/mol. The molecule has 0 radical (unpaired) electrons. The minimum Gasteiger partial charge on any atom is -0.462 e. The molecule has 0 bridgehead atoms. The van der Waals surface area contributed by atoms with Crippen molar-refractivity contribution in [1.29, 1.82) is 0 Å². The van der Waals surface area contributed by atoms with Crippen molar-refractivity contribution in [2.75, 3.05) is 39.6 Å². The molecule has 101 heavy (non-hydrogen) atoms. The molecule has 3 N–H and O–H groups in total. The standard InChI is InChI=1S/C82H160O17P2/c1-8-10-11-12-13-14-15-31-37-42-51-58-65-81(86)99-78(70-93-80(85)64-57-50-45-44-47-54-61-74(5)6)72-97-101(90,91)95-68-76(83)67-94-100(88,89)96-71-77(69-92-79(84)63-56-49-41-36-32-27-24-20-21-25-29-34-39-46-53-60-73(3)4)98-82(87)66-59-52-43-38-33-28-23-19-17-16-18-22-26-30-35-40-48-55-62-75(7)9-2/h73-78,83H,8-72H2,1-7H3,(H,88,89)(H,90,91)/t75?,76-,77-,78-/m1/s1. The van der Waals surface area contributed by atoms with Crippen molar-refractivity contribution in [3.05, 3.63) is 0 Å². The zero-order valence-electron chi connectivity index (χ0n) is 66.4. The van der Waals surface area contributed by atoms with Gasteiger partial charge in [-0.3, -0.25) is 37.3 Å². The zero-order valence-corrected chi connectivity index (χ0v) is 68.2. The third kappa shape index (κ3) is 74.7. The Bertz CT molecular complexity index is 1960. The number of phosphoric ester groups is 2. The van der Waals surface area contributed by atoms with Gasteiger partial charge in [0.25, 0.3) is 0 Å². The number of phosphoric acid groups is 2. The van der Waals surface area contributed by atoms with Crippen LogP contribution < -0.4 is 0 Å². The number of aliphatic hydroxyl groups is 1. The van der Waals surface area contributed by atoms with Gasteiger partial charge in [-0.2, -0.15) is 0 Å². The SMILES string of the molecule is CCCCCCCCCCCCCCC(=O)O[C@H](COC(=O)CCCCCCCCC(C)C)COP(=O)(O)OC[C@H](O)COP(=O)(O)OC[C@@H](COC(=O)CCCCCCCCCCCCCCCCCC(C)C)OC(=O)CCCCCCCCCCCCCCCCCCCCC(C)CC. The zero-order chi connectivity index (χ0) is 74.4. The van der Waals surface area contributed by atoms with Crippen LogP contribution >= 0.6 is 15.6 Å². The van der Waals surface area contributed by atoms with Crippen LogP contribution in [0.15, 0.2) is 0 Å². The number of esters is 4. The van der Waals surface area contributed by atoms with Crippen molar-refractivity contribution in [1.82, 2.24) is 0 Å². The number of rotatable bonds is 80. The number of unbranched alkanes of at least 4 members (excludes halogenated alkanes) is 47. The number of ether oxygens (including phenoxy) is 4. The van der Waals surface area contributed by atoms with Gasteiger partial charge in [-0.05, 0) is 43.4 Å². The third-order valence-electron chi connectivity index (χ3n) is 19.5. The molecule has 0 aromatic carbocycles.